The van der Waals surface area contributed by atoms with E-state index in [0.29, 0.717) is 25.0 Å². The summed E-state index contributed by atoms with van der Waals surface area (Å²) in [6.07, 6.45) is 6.70. The Morgan fingerprint density at radius 2 is 1.56 bits per heavy atom. The van der Waals surface area contributed by atoms with Crippen molar-refractivity contribution in [3.8, 4) is 22.8 Å². The van der Waals surface area contributed by atoms with Gasteiger partial charge in [0, 0.05) is 17.1 Å². The molecule has 4 heteroatoms. The lowest BCUT2D eigenvalue weighted by molar-refractivity contribution is 0.297. The second-order valence-corrected chi connectivity index (χ2v) is 9.58. The zero-order valence-corrected chi connectivity index (χ0v) is 20.9. The van der Waals surface area contributed by atoms with Gasteiger partial charge < -0.3 is 9.47 Å². The minimum absolute atomic E-state index is 0.532. The van der Waals surface area contributed by atoms with E-state index in [4.69, 9.17) is 9.47 Å². The first kappa shape index (κ1) is 24.0. The monoisotopic (exact) mass is 471 g/mol. The summed E-state index contributed by atoms with van der Waals surface area (Å²) in [6.45, 7) is 5.63. The van der Waals surface area contributed by atoms with Crippen molar-refractivity contribution in [2.45, 2.75) is 58.7 Å². The molecule has 0 radical (unpaired) electrons. The molecule has 0 spiro atoms. The molecule has 2 aromatic heterocycles. The summed E-state index contributed by atoms with van der Waals surface area (Å²) in [6, 6.07) is 25.2. The molecular formula is C30H33NO2S. The van der Waals surface area contributed by atoms with Crippen LogP contribution in [0.15, 0.2) is 84.4 Å². The fraction of sp³-hybridized carbons (Fsp3) is 0.300. The van der Waals surface area contributed by atoms with Crippen molar-refractivity contribution >= 4 is 11.3 Å². The number of ether oxygens (including phenoxy) is 2. The molecule has 4 rings (SSSR count). The van der Waals surface area contributed by atoms with Crippen LogP contribution in [0.3, 0.4) is 0 Å². The maximum Gasteiger partial charge on any atom is 0.213 e. The maximum atomic E-state index is 6.05. The fourth-order valence-corrected chi connectivity index (χ4v) is 4.96. The van der Waals surface area contributed by atoms with Gasteiger partial charge >= 0.3 is 0 Å². The van der Waals surface area contributed by atoms with E-state index < -0.39 is 0 Å². The highest BCUT2D eigenvalue weighted by Crippen LogP contribution is 2.29. The summed E-state index contributed by atoms with van der Waals surface area (Å²) in [5, 5.41) is 2.18. The number of aromatic nitrogens is 1. The molecule has 0 aliphatic heterocycles. The van der Waals surface area contributed by atoms with E-state index in [2.05, 4.69) is 78.8 Å². The molecule has 34 heavy (non-hydrogen) atoms. The van der Waals surface area contributed by atoms with E-state index in [9.17, 15) is 0 Å². The molecule has 0 bridgehead atoms. The fourth-order valence-electron chi connectivity index (χ4n) is 4.16. The van der Waals surface area contributed by atoms with Crippen LogP contribution in [0, 0.1) is 0 Å². The van der Waals surface area contributed by atoms with Crippen LogP contribution < -0.4 is 9.47 Å². The van der Waals surface area contributed by atoms with E-state index in [-0.39, 0.29) is 0 Å². The number of hydrogen-bond acceptors (Lipinski definition) is 4. The normalized spacial score (nSPS) is 11.0. The number of rotatable bonds is 12. The summed E-state index contributed by atoms with van der Waals surface area (Å²) in [4.78, 5) is 5.38. The molecule has 0 unspecified atom stereocenters. The average Bonchev–Trinajstić information content (AvgIpc) is 3.37. The van der Waals surface area contributed by atoms with Crippen LogP contribution in [0.1, 0.15) is 61.5 Å². The summed E-state index contributed by atoms with van der Waals surface area (Å²) in [5.74, 6) is 2.24. The van der Waals surface area contributed by atoms with Gasteiger partial charge in [-0.25, -0.2) is 4.98 Å². The Morgan fingerprint density at radius 3 is 2.24 bits per heavy atom. The third-order valence-electron chi connectivity index (χ3n) is 5.97. The second kappa shape index (κ2) is 12.4. The first-order valence-electron chi connectivity index (χ1n) is 12.2. The molecule has 0 N–H and O–H groups in total. The van der Waals surface area contributed by atoms with Crippen LogP contribution in [-0.4, -0.2) is 4.98 Å². The molecule has 0 fully saturated rings. The summed E-state index contributed by atoms with van der Waals surface area (Å²) in [7, 11) is 0. The first-order valence-corrected chi connectivity index (χ1v) is 13.1. The summed E-state index contributed by atoms with van der Waals surface area (Å²) < 4.78 is 11.8. The molecular weight excluding hydrogens is 438 g/mol. The Morgan fingerprint density at radius 1 is 0.794 bits per heavy atom. The van der Waals surface area contributed by atoms with E-state index in [1.54, 1.807) is 17.5 Å². The molecule has 2 aromatic carbocycles. The average molecular weight is 472 g/mol. The van der Waals surface area contributed by atoms with Crippen molar-refractivity contribution < 1.29 is 9.47 Å². The smallest absolute Gasteiger partial charge is 0.213 e. The van der Waals surface area contributed by atoms with Crippen molar-refractivity contribution in [1.29, 1.82) is 0 Å². The zero-order valence-electron chi connectivity index (χ0n) is 20.1. The highest BCUT2D eigenvalue weighted by atomic mass is 32.1. The van der Waals surface area contributed by atoms with Crippen molar-refractivity contribution in [3.63, 3.8) is 0 Å². The molecule has 0 aliphatic carbocycles. The molecule has 0 aliphatic rings. The van der Waals surface area contributed by atoms with Crippen LogP contribution in [0.4, 0.5) is 0 Å². The number of pyridine rings is 1. The van der Waals surface area contributed by atoms with E-state index >= 15 is 0 Å². The Hall–Kier alpha value is -3.11. The van der Waals surface area contributed by atoms with Gasteiger partial charge in [0.2, 0.25) is 5.88 Å². The van der Waals surface area contributed by atoms with Gasteiger partial charge in [-0.15, -0.1) is 11.3 Å². The minimum Gasteiger partial charge on any atom is -0.489 e. The van der Waals surface area contributed by atoms with Crippen molar-refractivity contribution in [3.05, 3.63) is 100 Å². The van der Waals surface area contributed by atoms with E-state index in [1.807, 2.05) is 18.2 Å². The highest BCUT2D eigenvalue weighted by Gasteiger charge is 2.10. The largest absolute Gasteiger partial charge is 0.489 e. The van der Waals surface area contributed by atoms with Gasteiger partial charge in [0.25, 0.3) is 0 Å². The Balaban J connectivity index is 1.30. The summed E-state index contributed by atoms with van der Waals surface area (Å²) in [5.41, 5.74) is 5.00. The van der Waals surface area contributed by atoms with Crippen molar-refractivity contribution in [2.75, 3.05) is 0 Å². The number of nitrogens with zero attached hydrogens (tertiary/aromatic N) is 1. The molecule has 0 saturated heterocycles. The molecule has 4 aromatic rings. The van der Waals surface area contributed by atoms with Gasteiger partial charge in [-0.3, -0.25) is 0 Å². The van der Waals surface area contributed by atoms with Gasteiger partial charge in [-0.2, -0.15) is 0 Å². The zero-order chi connectivity index (χ0) is 23.6. The Kier molecular flexibility index (Phi) is 8.75. The number of thiophene rings is 1. The predicted octanol–water partition coefficient (Wildman–Crippen LogP) is 8.65. The van der Waals surface area contributed by atoms with Crippen LogP contribution >= 0.6 is 11.3 Å². The number of hydrogen-bond donors (Lipinski definition) is 0. The van der Waals surface area contributed by atoms with Crippen molar-refractivity contribution in [1.82, 2.24) is 4.98 Å². The predicted molar refractivity (Wildman–Crippen MR) is 142 cm³/mol. The first-order chi connectivity index (χ1) is 16.7. The quantitative estimate of drug-likeness (QED) is 0.207. The Labute approximate surface area is 207 Å². The topological polar surface area (TPSA) is 31.4 Å². The maximum absolute atomic E-state index is 6.05. The van der Waals surface area contributed by atoms with Gasteiger partial charge in [0.1, 0.15) is 19.0 Å². The number of benzene rings is 2. The van der Waals surface area contributed by atoms with Crippen LogP contribution in [0.25, 0.3) is 11.1 Å². The molecule has 0 saturated carbocycles. The van der Waals surface area contributed by atoms with E-state index in [0.717, 1.165) is 11.3 Å². The van der Waals surface area contributed by atoms with E-state index in [1.165, 1.54) is 47.3 Å². The van der Waals surface area contributed by atoms with Crippen LogP contribution in [0.5, 0.6) is 11.6 Å². The van der Waals surface area contributed by atoms with Gasteiger partial charge in [0.15, 0.2) is 0 Å². The highest BCUT2D eigenvalue weighted by molar-refractivity contribution is 7.10. The van der Waals surface area contributed by atoms with Crippen LogP contribution in [-0.2, 0) is 13.2 Å². The Bertz CT molecular complexity index is 1110. The van der Waals surface area contributed by atoms with Crippen LogP contribution in [0.2, 0.25) is 0 Å². The molecule has 0 amide bonds. The summed E-state index contributed by atoms with van der Waals surface area (Å²) >= 11 is 1.71. The lowest BCUT2D eigenvalue weighted by Crippen LogP contribution is -1.99. The second-order valence-electron chi connectivity index (χ2n) is 8.59. The molecule has 3 nitrogen and oxygen atoms in total. The third kappa shape index (κ3) is 6.71. The molecule has 2 heterocycles. The lowest BCUT2D eigenvalue weighted by Gasteiger charge is -2.16. The third-order valence-corrected chi connectivity index (χ3v) is 6.88. The van der Waals surface area contributed by atoms with Gasteiger partial charge in [-0.1, -0.05) is 69.2 Å². The SMILES string of the molecule is CCCC(CCC)c1ccc(OCc2ccc(-c3csc(COc4ccccn4)c3)cc2)cc1. The van der Waals surface area contributed by atoms with Gasteiger partial charge in [0.05, 0.1) is 0 Å². The molecule has 176 valence electrons. The standard InChI is InChI=1S/C30H33NO2S/c1-3-7-24(8-4-2)25-14-16-28(17-15-25)32-20-23-10-12-26(13-11-23)27-19-29(34-22-27)21-33-30-9-5-6-18-31-30/h5-6,9-19,22,24H,3-4,7-8,20-21H2,1-2H3. The van der Waals surface area contributed by atoms with Gasteiger partial charge in [-0.05, 0) is 70.7 Å². The minimum atomic E-state index is 0.532. The van der Waals surface area contributed by atoms with Crippen molar-refractivity contribution in [2.24, 2.45) is 0 Å². The molecule has 0 atom stereocenters. The lowest BCUT2D eigenvalue weighted by atomic mass is 9.90.